The van der Waals surface area contributed by atoms with Gasteiger partial charge in [-0.25, -0.2) is 8.78 Å². The van der Waals surface area contributed by atoms with Gasteiger partial charge in [0.2, 0.25) is 5.91 Å². The molecule has 0 bridgehead atoms. The van der Waals surface area contributed by atoms with E-state index in [0.717, 1.165) is 6.07 Å². The van der Waals surface area contributed by atoms with Crippen LogP contribution < -0.4 is 5.32 Å². The first-order valence-corrected chi connectivity index (χ1v) is 5.28. The van der Waals surface area contributed by atoms with Crippen LogP contribution in [0.4, 0.5) is 8.78 Å². The largest absolute Gasteiger partial charge is 0.355 e. The molecule has 1 aliphatic rings. The van der Waals surface area contributed by atoms with Crippen LogP contribution in [0.1, 0.15) is 17.9 Å². The molecular formula is C10H8BrF2NO. The lowest BCUT2D eigenvalue weighted by Crippen LogP contribution is -2.13. The van der Waals surface area contributed by atoms with E-state index in [0.29, 0.717) is 18.5 Å². The van der Waals surface area contributed by atoms with Crippen LogP contribution in [0.3, 0.4) is 0 Å². The van der Waals surface area contributed by atoms with Crippen LogP contribution in [-0.2, 0) is 4.79 Å². The van der Waals surface area contributed by atoms with E-state index in [2.05, 4.69) is 21.2 Å². The Morgan fingerprint density at radius 2 is 2.13 bits per heavy atom. The van der Waals surface area contributed by atoms with Crippen molar-refractivity contribution in [2.45, 2.75) is 12.3 Å². The summed E-state index contributed by atoms with van der Waals surface area (Å²) in [6.07, 6.45) is 0.331. The molecular weight excluding hydrogens is 268 g/mol. The van der Waals surface area contributed by atoms with Crippen molar-refractivity contribution < 1.29 is 13.6 Å². The maximum atomic E-state index is 13.1. The molecule has 1 unspecified atom stereocenters. The molecule has 1 aromatic rings. The van der Waals surface area contributed by atoms with Crippen LogP contribution >= 0.6 is 15.9 Å². The van der Waals surface area contributed by atoms with Gasteiger partial charge in [0, 0.05) is 18.9 Å². The molecule has 1 N–H and O–H groups in total. The fourth-order valence-electron chi connectivity index (χ4n) is 1.65. The van der Waals surface area contributed by atoms with Crippen molar-refractivity contribution in [3.05, 3.63) is 33.8 Å². The normalized spacial score (nSPS) is 20.5. The van der Waals surface area contributed by atoms with Crippen molar-refractivity contribution in [2.75, 3.05) is 6.54 Å². The second-order valence-electron chi connectivity index (χ2n) is 3.50. The number of rotatable bonds is 1. The third kappa shape index (κ3) is 2.02. The average molecular weight is 276 g/mol. The number of carbonyl (C=O) groups excluding carboxylic acids is 1. The van der Waals surface area contributed by atoms with Gasteiger partial charge < -0.3 is 5.32 Å². The smallest absolute Gasteiger partial charge is 0.220 e. The highest BCUT2D eigenvalue weighted by molar-refractivity contribution is 9.10. The van der Waals surface area contributed by atoms with E-state index < -0.39 is 11.6 Å². The zero-order chi connectivity index (χ0) is 11.0. The zero-order valence-corrected chi connectivity index (χ0v) is 9.27. The SMILES string of the molecule is O=C1CC(c2cc(F)c(F)c(Br)c2)CN1. The van der Waals surface area contributed by atoms with Crippen LogP contribution in [0.15, 0.2) is 16.6 Å². The molecule has 0 aromatic heterocycles. The van der Waals surface area contributed by atoms with Crippen LogP contribution in [0.5, 0.6) is 0 Å². The Bertz CT molecular complexity index is 399. The van der Waals surface area contributed by atoms with Gasteiger partial charge in [0.05, 0.1) is 4.47 Å². The molecule has 0 aliphatic carbocycles. The third-order valence-corrected chi connectivity index (χ3v) is 3.03. The van der Waals surface area contributed by atoms with Gasteiger partial charge in [-0.05, 0) is 33.6 Å². The predicted octanol–water partition coefficient (Wildman–Crippen LogP) is 2.33. The van der Waals surface area contributed by atoms with Crippen molar-refractivity contribution in [1.82, 2.24) is 5.32 Å². The van der Waals surface area contributed by atoms with Gasteiger partial charge in [0.15, 0.2) is 11.6 Å². The Balaban J connectivity index is 2.33. The molecule has 0 radical (unpaired) electrons. The Labute approximate surface area is 93.8 Å². The highest BCUT2D eigenvalue weighted by Crippen LogP contribution is 2.28. The summed E-state index contributed by atoms with van der Waals surface area (Å²) in [7, 11) is 0. The molecule has 80 valence electrons. The number of hydrogen-bond acceptors (Lipinski definition) is 1. The molecule has 15 heavy (non-hydrogen) atoms. The summed E-state index contributed by atoms with van der Waals surface area (Å²) in [5, 5.41) is 2.65. The van der Waals surface area contributed by atoms with Crippen LogP contribution in [0, 0.1) is 11.6 Å². The molecule has 2 nitrogen and oxygen atoms in total. The maximum Gasteiger partial charge on any atom is 0.220 e. The second kappa shape index (κ2) is 3.89. The fraction of sp³-hybridized carbons (Fsp3) is 0.300. The summed E-state index contributed by atoms with van der Waals surface area (Å²) in [6.45, 7) is 0.482. The third-order valence-electron chi connectivity index (χ3n) is 2.45. The maximum absolute atomic E-state index is 13.1. The topological polar surface area (TPSA) is 29.1 Å². The summed E-state index contributed by atoms with van der Waals surface area (Å²) in [5.74, 6) is -1.90. The van der Waals surface area contributed by atoms with E-state index in [-0.39, 0.29) is 16.3 Å². The summed E-state index contributed by atoms with van der Waals surface area (Å²) in [4.78, 5) is 11.0. The van der Waals surface area contributed by atoms with E-state index in [4.69, 9.17) is 0 Å². The van der Waals surface area contributed by atoms with Gasteiger partial charge in [0.1, 0.15) is 0 Å². The predicted molar refractivity (Wildman–Crippen MR) is 54.4 cm³/mol. The molecule has 1 fully saturated rings. The standard InChI is InChI=1S/C10H8BrF2NO/c11-7-1-5(2-8(12)10(7)13)6-3-9(15)14-4-6/h1-2,6H,3-4H2,(H,14,15). The zero-order valence-electron chi connectivity index (χ0n) is 7.69. The Morgan fingerprint density at radius 3 is 2.67 bits per heavy atom. The number of halogens is 3. The summed E-state index contributed by atoms with van der Waals surface area (Å²) in [6, 6.07) is 2.66. The molecule has 5 heteroatoms. The van der Waals surface area contributed by atoms with Crippen molar-refractivity contribution in [3.63, 3.8) is 0 Å². The first-order valence-electron chi connectivity index (χ1n) is 4.49. The van der Waals surface area contributed by atoms with Gasteiger partial charge in [-0.3, -0.25) is 4.79 Å². The average Bonchev–Trinajstić information content (AvgIpc) is 2.60. The van der Waals surface area contributed by atoms with Crippen LogP contribution in [-0.4, -0.2) is 12.5 Å². The van der Waals surface area contributed by atoms with Crippen molar-refractivity contribution in [3.8, 4) is 0 Å². The minimum atomic E-state index is -0.893. The fourth-order valence-corrected chi connectivity index (χ4v) is 2.11. The summed E-state index contributed by atoms with van der Waals surface area (Å²) < 4.78 is 26.1. The monoisotopic (exact) mass is 275 g/mol. The Morgan fingerprint density at radius 1 is 1.40 bits per heavy atom. The highest BCUT2D eigenvalue weighted by atomic mass is 79.9. The van der Waals surface area contributed by atoms with E-state index in [1.54, 1.807) is 0 Å². The highest BCUT2D eigenvalue weighted by Gasteiger charge is 2.24. The van der Waals surface area contributed by atoms with Crippen LogP contribution in [0.2, 0.25) is 0 Å². The second-order valence-corrected chi connectivity index (χ2v) is 4.36. The number of hydrogen-bond donors (Lipinski definition) is 1. The number of nitrogens with one attached hydrogen (secondary N) is 1. The molecule has 1 aromatic carbocycles. The van der Waals surface area contributed by atoms with Crippen molar-refractivity contribution in [2.24, 2.45) is 0 Å². The Hall–Kier alpha value is -0.970. The molecule has 0 saturated carbocycles. The van der Waals surface area contributed by atoms with E-state index in [9.17, 15) is 13.6 Å². The van der Waals surface area contributed by atoms with E-state index >= 15 is 0 Å². The lowest BCUT2D eigenvalue weighted by Gasteiger charge is -2.08. The van der Waals surface area contributed by atoms with Crippen LogP contribution in [0.25, 0.3) is 0 Å². The van der Waals surface area contributed by atoms with E-state index in [1.165, 1.54) is 6.07 Å². The number of benzene rings is 1. The minimum Gasteiger partial charge on any atom is -0.355 e. The van der Waals surface area contributed by atoms with E-state index in [1.807, 2.05) is 0 Å². The summed E-state index contributed by atoms with van der Waals surface area (Å²) >= 11 is 2.94. The van der Waals surface area contributed by atoms with Crippen molar-refractivity contribution in [1.29, 1.82) is 0 Å². The molecule has 1 aliphatic heterocycles. The molecule has 2 rings (SSSR count). The number of carbonyl (C=O) groups is 1. The molecule has 0 spiro atoms. The minimum absolute atomic E-state index is 0.0548. The van der Waals surface area contributed by atoms with Crippen molar-refractivity contribution >= 4 is 21.8 Å². The molecule has 1 amide bonds. The molecule has 1 heterocycles. The summed E-state index contributed by atoms with van der Waals surface area (Å²) in [5.41, 5.74) is 0.638. The first-order chi connectivity index (χ1) is 7.08. The number of amides is 1. The molecule has 1 atom stereocenters. The first kappa shape index (κ1) is 10.5. The van der Waals surface area contributed by atoms with Gasteiger partial charge in [-0.1, -0.05) is 0 Å². The Kier molecular flexibility index (Phi) is 2.73. The van der Waals surface area contributed by atoms with Gasteiger partial charge in [0.25, 0.3) is 0 Å². The lowest BCUT2D eigenvalue weighted by molar-refractivity contribution is -0.119. The van der Waals surface area contributed by atoms with Gasteiger partial charge in [-0.2, -0.15) is 0 Å². The van der Waals surface area contributed by atoms with Gasteiger partial charge >= 0.3 is 0 Å². The lowest BCUT2D eigenvalue weighted by atomic mass is 9.98. The van der Waals surface area contributed by atoms with Gasteiger partial charge in [-0.15, -0.1) is 0 Å². The quantitative estimate of drug-likeness (QED) is 0.784. The molecule has 1 saturated heterocycles.